The van der Waals surface area contributed by atoms with Crippen LogP contribution in [0.25, 0.3) is 12.2 Å². The van der Waals surface area contributed by atoms with Crippen LogP contribution in [-0.4, -0.2) is 87.9 Å². The lowest BCUT2D eigenvalue weighted by Gasteiger charge is -2.40. The summed E-state index contributed by atoms with van der Waals surface area (Å²) in [6, 6.07) is 15.3. The zero-order chi connectivity index (χ0) is 32.5. The number of carbonyl (C=O) groups is 3. The highest BCUT2D eigenvalue weighted by Gasteiger charge is 2.49. The fraction of sp³-hybridized carbons (Fsp3) is 0.219. The van der Waals surface area contributed by atoms with E-state index in [9.17, 15) is 39.9 Å². The molecule has 5 atom stereocenters. The molecule has 3 aromatic carbocycles. The Bertz CT molecular complexity index is 1550. The fourth-order valence-electron chi connectivity index (χ4n) is 4.13. The maximum atomic E-state index is 12.8. The number of methoxy groups -OCH3 is 1. The van der Waals surface area contributed by atoms with Gasteiger partial charge in [-0.15, -0.1) is 0 Å². The first-order valence-corrected chi connectivity index (χ1v) is 13.4. The smallest absolute Gasteiger partial charge is 0.340 e. The highest BCUT2D eigenvalue weighted by molar-refractivity contribution is 5.90. The van der Waals surface area contributed by atoms with Crippen LogP contribution in [0.15, 0.2) is 78.9 Å². The molecule has 0 aromatic heterocycles. The van der Waals surface area contributed by atoms with E-state index in [0.29, 0.717) is 11.1 Å². The summed E-state index contributed by atoms with van der Waals surface area (Å²) < 4.78 is 26.5. The molecule has 3 aromatic rings. The minimum atomic E-state index is -1.85. The number of aliphatic hydroxyl groups is 2. The number of esters is 3. The normalized spacial score (nSPS) is 21.4. The maximum Gasteiger partial charge on any atom is 0.340 e. The van der Waals surface area contributed by atoms with Crippen molar-refractivity contribution in [1.29, 1.82) is 0 Å². The summed E-state index contributed by atoms with van der Waals surface area (Å²) in [5, 5.41) is 50.3. The number of hydrogen-bond acceptors (Lipinski definition) is 13. The Kier molecular flexibility index (Phi) is 10.8. The summed E-state index contributed by atoms with van der Waals surface area (Å²) in [5.74, 6) is -2.80. The van der Waals surface area contributed by atoms with E-state index in [4.69, 9.17) is 23.7 Å². The van der Waals surface area contributed by atoms with Crippen molar-refractivity contribution in [2.45, 2.75) is 30.7 Å². The zero-order valence-corrected chi connectivity index (χ0v) is 23.8. The second-order valence-corrected chi connectivity index (χ2v) is 9.70. The van der Waals surface area contributed by atoms with Gasteiger partial charge in [0.1, 0.15) is 36.4 Å². The van der Waals surface area contributed by atoms with Crippen molar-refractivity contribution in [3.8, 4) is 23.0 Å². The molecule has 236 valence electrons. The van der Waals surface area contributed by atoms with Gasteiger partial charge in [0, 0.05) is 12.2 Å². The van der Waals surface area contributed by atoms with Gasteiger partial charge in [0.25, 0.3) is 0 Å². The SMILES string of the molecule is COc1cc(C=CC(=O)OC2C(OC(=O)c3ccc(O)cc3)OC(COC(=O)C=Cc3ccc(O)cc3)C(O)C2O)ccc1O. The third kappa shape index (κ3) is 8.83. The minimum absolute atomic E-state index is 0.00870. The Labute approximate surface area is 256 Å². The fourth-order valence-corrected chi connectivity index (χ4v) is 4.13. The average molecular weight is 623 g/mol. The first-order chi connectivity index (χ1) is 21.5. The topological polar surface area (TPSA) is 199 Å². The van der Waals surface area contributed by atoms with Crippen molar-refractivity contribution in [3.05, 3.63) is 95.6 Å². The number of phenols is 3. The van der Waals surface area contributed by atoms with Crippen molar-refractivity contribution in [1.82, 2.24) is 0 Å². The molecule has 0 aliphatic carbocycles. The molecule has 5 unspecified atom stereocenters. The molecule has 4 rings (SSSR count). The Balaban J connectivity index is 1.47. The van der Waals surface area contributed by atoms with E-state index in [1.54, 1.807) is 12.1 Å². The van der Waals surface area contributed by atoms with Crippen LogP contribution in [0.1, 0.15) is 21.5 Å². The van der Waals surface area contributed by atoms with Crippen molar-refractivity contribution >= 4 is 30.1 Å². The number of benzene rings is 3. The van der Waals surface area contributed by atoms with Gasteiger partial charge in [-0.05, 0) is 71.8 Å². The molecule has 1 fully saturated rings. The summed E-state index contributed by atoms with van der Waals surface area (Å²) in [7, 11) is 1.36. The van der Waals surface area contributed by atoms with Crippen LogP contribution in [0.3, 0.4) is 0 Å². The molecule has 1 saturated heterocycles. The lowest BCUT2D eigenvalue weighted by molar-refractivity contribution is -0.289. The summed E-state index contributed by atoms with van der Waals surface area (Å²) >= 11 is 0. The van der Waals surface area contributed by atoms with Gasteiger partial charge in [-0.3, -0.25) is 0 Å². The molecule has 0 bridgehead atoms. The van der Waals surface area contributed by atoms with Crippen molar-refractivity contribution in [2.24, 2.45) is 0 Å². The van der Waals surface area contributed by atoms with Crippen LogP contribution in [0, 0.1) is 0 Å². The van der Waals surface area contributed by atoms with Crippen LogP contribution in [0.5, 0.6) is 23.0 Å². The van der Waals surface area contributed by atoms with E-state index >= 15 is 0 Å². The van der Waals surface area contributed by atoms with Crippen LogP contribution in [0.2, 0.25) is 0 Å². The van der Waals surface area contributed by atoms with Gasteiger partial charge in [-0.25, -0.2) is 14.4 Å². The molecule has 1 aliphatic rings. The monoisotopic (exact) mass is 622 g/mol. The average Bonchev–Trinajstić information content (AvgIpc) is 3.03. The first kappa shape index (κ1) is 32.5. The van der Waals surface area contributed by atoms with Gasteiger partial charge in [-0.1, -0.05) is 18.2 Å². The number of carbonyl (C=O) groups excluding carboxylic acids is 3. The number of aliphatic hydroxyl groups excluding tert-OH is 2. The van der Waals surface area contributed by atoms with Gasteiger partial charge < -0.3 is 49.2 Å². The molecule has 0 spiro atoms. The third-order valence-electron chi connectivity index (χ3n) is 6.53. The van der Waals surface area contributed by atoms with Crippen LogP contribution >= 0.6 is 0 Å². The number of ether oxygens (including phenoxy) is 5. The Hall–Kier alpha value is -5.37. The molecule has 1 heterocycles. The highest BCUT2D eigenvalue weighted by atomic mass is 16.7. The van der Waals surface area contributed by atoms with Crippen molar-refractivity contribution in [3.63, 3.8) is 0 Å². The lowest BCUT2D eigenvalue weighted by atomic mass is 9.99. The Morgan fingerprint density at radius 1 is 0.778 bits per heavy atom. The maximum absolute atomic E-state index is 12.8. The zero-order valence-electron chi connectivity index (χ0n) is 23.8. The van der Waals surface area contributed by atoms with Gasteiger partial charge >= 0.3 is 17.9 Å². The molecular formula is C32H30O13. The summed E-state index contributed by atoms with van der Waals surface area (Å²) in [4.78, 5) is 37.8. The first-order valence-electron chi connectivity index (χ1n) is 13.4. The van der Waals surface area contributed by atoms with E-state index in [0.717, 1.165) is 12.2 Å². The summed E-state index contributed by atoms with van der Waals surface area (Å²) in [5.41, 5.74) is 1.04. The lowest BCUT2D eigenvalue weighted by Crippen LogP contribution is -2.61. The summed E-state index contributed by atoms with van der Waals surface area (Å²) in [6.45, 7) is -0.576. The number of hydrogen-bond donors (Lipinski definition) is 5. The van der Waals surface area contributed by atoms with E-state index in [-0.39, 0.29) is 28.6 Å². The van der Waals surface area contributed by atoms with Crippen LogP contribution in [-0.2, 0) is 28.5 Å². The second-order valence-electron chi connectivity index (χ2n) is 9.70. The number of aromatic hydroxyl groups is 3. The number of phenolic OH excluding ortho intramolecular Hbond substituents is 3. The standard InChI is InChI=1S/C32H30O13/c1-41-24-16-19(4-13-23(24)35)6-15-27(37)44-30-29(39)28(38)25(17-42-26(36)14-5-18-2-9-21(33)10-3-18)43-32(30)45-31(40)20-7-11-22(34)12-8-20/h2-16,25,28-30,32-35,38-39H,17H2,1H3. The minimum Gasteiger partial charge on any atom is -0.508 e. The second kappa shape index (κ2) is 14.9. The molecule has 45 heavy (non-hydrogen) atoms. The molecular weight excluding hydrogens is 592 g/mol. The quantitative estimate of drug-likeness (QED) is 0.126. The van der Waals surface area contributed by atoms with Gasteiger partial charge in [0.15, 0.2) is 17.6 Å². The van der Waals surface area contributed by atoms with E-state index in [2.05, 4.69) is 0 Å². The molecule has 13 heteroatoms. The molecule has 5 N–H and O–H groups in total. The van der Waals surface area contributed by atoms with Gasteiger partial charge in [-0.2, -0.15) is 0 Å². The van der Waals surface area contributed by atoms with Gasteiger partial charge in [0.05, 0.1) is 12.7 Å². The predicted octanol–water partition coefficient (Wildman–Crippen LogP) is 2.30. The molecule has 0 radical (unpaired) electrons. The largest absolute Gasteiger partial charge is 0.508 e. The molecule has 0 amide bonds. The Morgan fingerprint density at radius 2 is 1.38 bits per heavy atom. The van der Waals surface area contributed by atoms with E-state index < -0.39 is 55.2 Å². The van der Waals surface area contributed by atoms with Gasteiger partial charge in [0.2, 0.25) is 6.29 Å². The third-order valence-corrected chi connectivity index (χ3v) is 6.53. The van der Waals surface area contributed by atoms with E-state index in [1.807, 2.05) is 0 Å². The van der Waals surface area contributed by atoms with Crippen molar-refractivity contribution in [2.75, 3.05) is 13.7 Å². The van der Waals surface area contributed by atoms with E-state index in [1.165, 1.54) is 73.9 Å². The van der Waals surface area contributed by atoms with Crippen LogP contribution < -0.4 is 4.74 Å². The van der Waals surface area contributed by atoms with Crippen molar-refractivity contribution < 1.29 is 63.6 Å². The Morgan fingerprint density at radius 3 is 2.04 bits per heavy atom. The van der Waals surface area contributed by atoms with Crippen LogP contribution in [0.4, 0.5) is 0 Å². The highest BCUT2D eigenvalue weighted by Crippen LogP contribution is 2.28. The summed E-state index contributed by atoms with van der Waals surface area (Å²) in [6.07, 6.45) is -3.61. The molecule has 0 saturated carbocycles. The number of rotatable bonds is 10. The predicted molar refractivity (Wildman–Crippen MR) is 156 cm³/mol. The molecule has 1 aliphatic heterocycles. The molecule has 13 nitrogen and oxygen atoms in total.